The molecule has 2 N–H and O–H groups in total. The van der Waals surface area contributed by atoms with Crippen molar-refractivity contribution in [2.45, 2.75) is 70.1 Å². The van der Waals surface area contributed by atoms with Crippen molar-refractivity contribution in [3.05, 3.63) is 5.89 Å². The van der Waals surface area contributed by atoms with Crippen molar-refractivity contribution in [3.63, 3.8) is 0 Å². The van der Waals surface area contributed by atoms with Crippen LogP contribution in [0.4, 0.5) is 0 Å². The number of amides is 1. The normalized spacial score (nSPS) is 16.3. The average molecular weight is 433 g/mol. The first-order valence-corrected chi connectivity index (χ1v) is 10.9. The Morgan fingerprint density at radius 1 is 1.18 bits per heavy atom. The molecule has 0 bridgehead atoms. The maximum atomic E-state index is 12.9. The molecule has 2 rings (SSSR count). The van der Waals surface area contributed by atoms with Crippen LogP contribution in [0, 0.1) is 11.8 Å². The molecule has 1 aromatic rings. The molecule has 1 aliphatic rings. The number of halogens is 1. The van der Waals surface area contributed by atoms with E-state index in [0.717, 1.165) is 38.0 Å². The van der Waals surface area contributed by atoms with Gasteiger partial charge in [-0.15, -0.1) is 22.6 Å². The van der Waals surface area contributed by atoms with Crippen molar-refractivity contribution in [1.82, 2.24) is 20.8 Å². The van der Waals surface area contributed by atoms with E-state index < -0.39 is 6.04 Å². The van der Waals surface area contributed by atoms with Crippen LogP contribution in [0.15, 0.2) is 9.64 Å². The van der Waals surface area contributed by atoms with Crippen LogP contribution in [0.1, 0.15) is 69.5 Å². The Hall–Kier alpha value is -1.12. The summed E-state index contributed by atoms with van der Waals surface area (Å²) in [4.78, 5) is 25.6. The second-order valence-electron chi connectivity index (χ2n) is 7.57. The fourth-order valence-corrected chi connectivity index (χ4v) is 4.01. The summed E-state index contributed by atoms with van der Waals surface area (Å²) in [6.45, 7) is 4.87. The summed E-state index contributed by atoms with van der Waals surface area (Å²) in [6, 6.07) is -0.614. The fourth-order valence-electron chi connectivity index (χ4n) is 3.29. The van der Waals surface area contributed by atoms with E-state index in [4.69, 9.17) is 4.42 Å². The van der Waals surface area contributed by atoms with Gasteiger partial charge in [0.25, 0.3) is 11.1 Å². The lowest BCUT2D eigenvalue weighted by Crippen LogP contribution is -2.44. The molecule has 1 fully saturated rings. The van der Waals surface area contributed by atoms with Crippen LogP contribution in [0.5, 0.6) is 0 Å². The molecule has 0 aliphatic heterocycles. The minimum Gasteiger partial charge on any atom is -0.408 e. The van der Waals surface area contributed by atoms with Crippen LogP contribution >= 0.6 is 24.2 Å². The molecule has 160 valence electrons. The van der Waals surface area contributed by atoms with Gasteiger partial charge in [0.2, 0.25) is 11.7 Å². The number of nitrogens with one attached hydrogen (secondary N) is 2. The first kappa shape index (κ1) is 24.9. The quantitative estimate of drug-likeness (QED) is 0.253. The summed E-state index contributed by atoms with van der Waals surface area (Å²) >= 11 is 1.41. The van der Waals surface area contributed by atoms with E-state index in [2.05, 4.69) is 20.8 Å². The van der Waals surface area contributed by atoms with Gasteiger partial charge in [0.05, 0.1) is 6.04 Å². The van der Waals surface area contributed by atoms with Gasteiger partial charge in [-0.2, -0.15) is 0 Å². The summed E-state index contributed by atoms with van der Waals surface area (Å²) < 4.78 is 5.51. The fraction of sp³-hybridized carbons (Fsp3) is 0.789. The Kier molecular flexibility index (Phi) is 11.7. The summed E-state index contributed by atoms with van der Waals surface area (Å²) in [5.74, 6) is 0.720. The van der Waals surface area contributed by atoms with E-state index in [9.17, 15) is 9.59 Å². The van der Waals surface area contributed by atoms with Crippen LogP contribution < -0.4 is 10.6 Å². The van der Waals surface area contributed by atoms with Gasteiger partial charge >= 0.3 is 0 Å². The molecule has 28 heavy (non-hydrogen) atoms. The van der Waals surface area contributed by atoms with Crippen LogP contribution in [-0.4, -0.2) is 47.3 Å². The smallest absolute Gasteiger partial charge is 0.286 e. The zero-order chi connectivity index (χ0) is 19.6. The van der Waals surface area contributed by atoms with Crippen molar-refractivity contribution < 1.29 is 14.0 Å². The minimum absolute atomic E-state index is 0. The largest absolute Gasteiger partial charge is 0.408 e. The van der Waals surface area contributed by atoms with Crippen LogP contribution in [0.3, 0.4) is 0 Å². The second-order valence-corrected chi connectivity index (χ2v) is 8.61. The van der Waals surface area contributed by atoms with Crippen molar-refractivity contribution in [2.75, 3.05) is 19.3 Å². The summed E-state index contributed by atoms with van der Waals surface area (Å²) in [5, 5.41) is 14.2. The molecule has 0 saturated heterocycles. The molecule has 0 radical (unpaired) electrons. The van der Waals surface area contributed by atoms with E-state index >= 15 is 0 Å². The maximum Gasteiger partial charge on any atom is 0.286 e. The summed E-state index contributed by atoms with van der Waals surface area (Å²) in [6.07, 6.45) is 6.90. The zero-order valence-corrected chi connectivity index (χ0v) is 18.7. The number of hydrogen-bond acceptors (Lipinski definition) is 7. The van der Waals surface area contributed by atoms with E-state index in [1.807, 2.05) is 20.9 Å². The van der Waals surface area contributed by atoms with Gasteiger partial charge in [-0.1, -0.05) is 51.3 Å². The predicted octanol–water partition coefficient (Wildman–Crippen LogP) is 3.49. The molecular weight excluding hydrogens is 400 g/mol. The molecule has 0 spiro atoms. The summed E-state index contributed by atoms with van der Waals surface area (Å²) in [7, 11) is 1.87. The topological polar surface area (TPSA) is 97.1 Å². The van der Waals surface area contributed by atoms with Gasteiger partial charge in [0, 0.05) is 18.2 Å². The minimum atomic E-state index is -0.614. The van der Waals surface area contributed by atoms with Gasteiger partial charge in [-0.3, -0.25) is 9.59 Å². The molecule has 1 atom stereocenters. The predicted molar refractivity (Wildman–Crippen MR) is 113 cm³/mol. The second kappa shape index (κ2) is 13.2. The number of carbonyl (C=O) groups is 2. The third-order valence-electron chi connectivity index (χ3n) is 4.76. The third-order valence-corrected chi connectivity index (χ3v) is 5.58. The number of hydrogen-bond donors (Lipinski definition) is 2. The van der Waals surface area contributed by atoms with Crippen molar-refractivity contribution in [3.8, 4) is 0 Å². The van der Waals surface area contributed by atoms with Gasteiger partial charge in [0.15, 0.2) is 0 Å². The Balaban J connectivity index is 0.00000392. The van der Waals surface area contributed by atoms with Crippen molar-refractivity contribution >= 4 is 35.9 Å². The molecule has 7 nitrogen and oxygen atoms in total. The highest BCUT2D eigenvalue weighted by Crippen LogP contribution is 2.24. The zero-order valence-electron chi connectivity index (χ0n) is 17.0. The highest BCUT2D eigenvalue weighted by molar-refractivity contribution is 7.99. The lowest BCUT2D eigenvalue weighted by molar-refractivity contribution is -0.126. The Bertz CT molecular complexity index is 604. The highest BCUT2D eigenvalue weighted by atomic mass is 35.5. The number of nitrogens with zero attached hydrogens (tertiary/aromatic N) is 2. The number of ketones is 1. The summed E-state index contributed by atoms with van der Waals surface area (Å²) in [5.41, 5.74) is 0. The number of aromatic nitrogens is 2. The van der Waals surface area contributed by atoms with E-state index in [-0.39, 0.29) is 41.8 Å². The molecule has 1 aromatic heterocycles. The van der Waals surface area contributed by atoms with Gasteiger partial charge in [-0.05, 0) is 32.2 Å². The Labute approximate surface area is 178 Å². The standard InChI is InChI=1S/C19H32N4O3S.ClH/c1-13(2)12-15(21-17(25)14-8-6-4-5-7-9-14)16(24)18-22-23-19(26-18)27-11-10-20-3;/h13-15,20H,4-12H2,1-3H3,(H,21,25);1H/t15-;/m0./s1. The number of Topliss-reactive ketones (excluding diaryl/α,β-unsaturated/α-hetero) is 1. The third kappa shape index (κ3) is 8.09. The van der Waals surface area contributed by atoms with Crippen LogP contribution in [-0.2, 0) is 4.79 Å². The van der Waals surface area contributed by atoms with E-state index in [0.29, 0.717) is 11.6 Å². The molecule has 0 aromatic carbocycles. The molecule has 1 amide bonds. The SMILES string of the molecule is CNCCSc1nnc(C(=O)[C@H](CC(C)C)NC(=O)C2CCCCCC2)o1.Cl. The first-order valence-electron chi connectivity index (χ1n) is 9.96. The Morgan fingerprint density at radius 2 is 1.86 bits per heavy atom. The van der Waals surface area contributed by atoms with Crippen molar-refractivity contribution in [1.29, 1.82) is 0 Å². The van der Waals surface area contributed by atoms with Gasteiger partial charge < -0.3 is 15.1 Å². The van der Waals surface area contributed by atoms with Crippen LogP contribution in [0.2, 0.25) is 0 Å². The first-order chi connectivity index (χ1) is 13.0. The van der Waals surface area contributed by atoms with Gasteiger partial charge in [0.1, 0.15) is 0 Å². The molecule has 1 aliphatic carbocycles. The molecule has 1 saturated carbocycles. The molecule has 9 heteroatoms. The van der Waals surface area contributed by atoms with Crippen molar-refractivity contribution in [2.24, 2.45) is 11.8 Å². The maximum absolute atomic E-state index is 12.9. The number of carbonyl (C=O) groups excluding carboxylic acids is 2. The number of thioether (sulfide) groups is 1. The molecular formula is C19H33ClN4O3S. The van der Waals surface area contributed by atoms with E-state index in [1.165, 1.54) is 24.6 Å². The Morgan fingerprint density at radius 3 is 2.46 bits per heavy atom. The molecule has 1 heterocycles. The lowest BCUT2D eigenvalue weighted by Gasteiger charge is -2.21. The van der Waals surface area contributed by atoms with Crippen LogP contribution in [0.25, 0.3) is 0 Å². The molecule has 0 unspecified atom stereocenters. The van der Waals surface area contributed by atoms with E-state index in [1.54, 1.807) is 0 Å². The van der Waals surface area contributed by atoms with Gasteiger partial charge in [-0.25, -0.2) is 0 Å². The highest BCUT2D eigenvalue weighted by Gasteiger charge is 2.30. The lowest BCUT2D eigenvalue weighted by atomic mass is 9.96. The average Bonchev–Trinajstić information content (AvgIpc) is 2.93. The monoisotopic (exact) mass is 432 g/mol. The number of rotatable bonds is 10.